The molecule has 0 N–H and O–H groups in total. The average Bonchev–Trinajstić information content (AvgIpc) is 2.49. The topological polar surface area (TPSA) is 35.5 Å². The molecule has 0 aliphatic heterocycles. The van der Waals surface area contributed by atoms with E-state index in [1.807, 2.05) is 6.92 Å². The minimum absolute atomic E-state index is 0.0214. The Morgan fingerprint density at radius 2 is 1.85 bits per heavy atom. The van der Waals surface area contributed by atoms with E-state index in [1.165, 1.54) is 25.7 Å². The summed E-state index contributed by atoms with van der Waals surface area (Å²) in [5.41, 5.74) is 0.670. The van der Waals surface area contributed by atoms with E-state index in [2.05, 4.69) is 6.92 Å². The van der Waals surface area contributed by atoms with Crippen LogP contribution in [0.3, 0.4) is 0 Å². The predicted octanol–water partition coefficient (Wildman–Crippen LogP) is 4.25. The summed E-state index contributed by atoms with van der Waals surface area (Å²) in [7, 11) is 1.61. The summed E-state index contributed by atoms with van der Waals surface area (Å²) in [5, 5.41) is 0. The minimum atomic E-state index is 0.0214. The molecule has 0 bridgehead atoms. The van der Waals surface area contributed by atoms with Crippen LogP contribution in [0, 0.1) is 0 Å². The van der Waals surface area contributed by atoms with Crippen LogP contribution >= 0.6 is 0 Å². The SMILES string of the molecule is CCCCCCC(C)OCC(=O)c1ccc(OC)cc1. The zero-order valence-corrected chi connectivity index (χ0v) is 12.9. The molecule has 1 aromatic rings. The second kappa shape index (κ2) is 9.54. The third-order valence-corrected chi connectivity index (χ3v) is 3.38. The van der Waals surface area contributed by atoms with Gasteiger partial charge in [0.15, 0.2) is 5.78 Å². The summed E-state index contributed by atoms with van der Waals surface area (Å²) >= 11 is 0. The van der Waals surface area contributed by atoms with Gasteiger partial charge in [-0.25, -0.2) is 0 Å². The first kappa shape index (κ1) is 16.7. The Hall–Kier alpha value is -1.35. The van der Waals surface area contributed by atoms with Crippen molar-refractivity contribution in [1.82, 2.24) is 0 Å². The maximum absolute atomic E-state index is 12.0. The number of ether oxygens (including phenoxy) is 2. The van der Waals surface area contributed by atoms with E-state index in [0.29, 0.717) is 5.56 Å². The Kier molecular flexibility index (Phi) is 7.97. The van der Waals surface area contributed by atoms with Crippen molar-refractivity contribution in [2.45, 2.75) is 52.1 Å². The zero-order chi connectivity index (χ0) is 14.8. The van der Waals surface area contributed by atoms with Crippen LogP contribution in [-0.4, -0.2) is 25.6 Å². The number of carbonyl (C=O) groups excluding carboxylic acids is 1. The first-order valence-corrected chi connectivity index (χ1v) is 7.46. The highest BCUT2D eigenvalue weighted by Gasteiger charge is 2.09. The number of ketones is 1. The Bertz CT molecular complexity index is 384. The first-order chi connectivity index (χ1) is 9.67. The van der Waals surface area contributed by atoms with Crippen LogP contribution in [0.5, 0.6) is 5.75 Å². The van der Waals surface area contributed by atoms with Crippen LogP contribution in [0.15, 0.2) is 24.3 Å². The maximum atomic E-state index is 12.0. The van der Waals surface area contributed by atoms with E-state index in [4.69, 9.17) is 9.47 Å². The molecule has 0 aliphatic rings. The molecule has 1 unspecified atom stereocenters. The summed E-state index contributed by atoms with van der Waals surface area (Å²) in [6, 6.07) is 7.13. The van der Waals surface area contributed by atoms with E-state index in [1.54, 1.807) is 31.4 Å². The molecule has 1 atom stereocenters. The van der Waals surface area contributed by atoms with Crippen molar-refractivity contribution in [1.29, 1.82) is 0 Å². The second-order valence-electron chi connectivity index (χ2n) is 5.12. The lowest BCUT2D eigenvalue weighted by Gasteiger charge is -2.12. The van der Waals surface area contributed by atoms with Gasteiger partial charge >= 0.3 is 0 Å². The first-order valence-electron chi connectivity index (χ1n) is 7.46. The largest absolute Gasteiger partial charge is 0.497 e. The summed E-state index contributed by atoms with van der Waals surface area (Å²) in [6.45, 7) is 4.39. The van der Waals surface area contributed by atoms with Crippen LogP contribution < -0.4 is 4.74 Å². The molecule has 20 heavy (non-hydrogen) atoms. The number of rotatable bonds is 10. The van der Waals surface area contributed by atoms with Crippen LogP contribution in [0.25, 0.3) is 0 Å². The van der Waals surface area contributed by atoms with Gasteiger partial charge in [-0.05, 0) is 37.6 Å². The molecule has 0 amide bonds. The van der Waals surface area contributed by atoms with Gasteiger partial charge in [-0.2, -0.15) is 0 Å². The molecule has 0 aromatic heterocycles. The molecule has 3 nitrogen and oxygen atoms in total. The van der Waals surface area contributed by atoms with Gasteiger partial charge in [-0.15, -0.1) is 0 Å². The van der Waals surface area contributed by atoms with Crippen molar-refractivity contribution in [2.75, 3.05) is 13.7 Å². The van der Waals surface area contributed by atoms with E-state index in [-0.39, 0.29) is 18.5 Å². The van der Waals surface area contributed by atoms with Crippen molar-refractivity contribution in [3.8, 4) is 5.75 Å². The maximum Gasteiger partial charge on any atom is 0.188 e. The van der Waals surface area contributed by atoms with E-state index >= 15 is 0 Å². The molecule has 0 heterocycles. The Balaban J connectivity index is 2.27. The number of hydrogen-bond donors (Lipinski definition) is 0. The number of Topliss-reactive ketones (excluding diaryl/α,β-unsaturated/α-hetero) is 1. The van der Waals surface area contributed by atoms with Gasteiger partial charge < -0.3 is 9.47 Å². The van der Waals surface area contributed by atoms with Gasteiger partial charge in [0.1, 0.15) is 12.4 Å². The third kappa shape index (κ3) is 6.20. The fraction of sp³-hybridized carbons (Fsp3) is 0.588. The number of hydrogen-bond acceptors (Lipinski definition) is 3. The Morgan fingerprint density at radius 3 is 2.45 bits per heavy atom. The average molecular weight is 278 g/mol. The molecule has 0 spiro atoms. The molecule has 1 rings (SSSR count). The van der Waals surface area contributed by atoms with Gasteiger partial charge in [0.05, 0.1) is 13.2 Å². The number of carbonyl (C=O) groups is 1. The molecule has 3 heteroatoms. The molecule has 0 radical (unpaired) electrons. The van der Waals surface area contributed by atoms with Crippen LogP contribution in [0.4, 0.5) is 0 Å². The fourth-order valence-electron chi connectivity index (χ4n) is 2.02. The normalized spacial score (nSPS) is 12.2. The van der Waals surface area contributed by atoms with Crippen LogP contribution in [-0.2, 0) is 4.74 Å². The van der Waals surface area contributed by atoms with Gasteiger partial charge in [-0.1, -0.05) is 32.6 Å². The Morgan fingerprint density at radius 1 is 1.15 bits per heavy atom. The smallest absolute Gasteiger partial charge is 0.188 e. The van der Waals surface area contributed by atoms with Crippen molar-refractivity contribution in [2.24, 2.45) is 0 Å². The number of unbranched alkanes of at least 4 members (excludes halogenated alkanes) is 3. The lowest BCUT2D eigenvalue weighted by molar-refractivity contribution is 0.0483. The molecule has 112 valence electrons. The molecule has 1 aromatic carbocycles. The van der Waals surface area contributed by atoms with Crippen molar-refractivity contribution in [3.63, 3.8) is 0 Å². The van der Waals surface area contributed by atoms with E-state index in [9.17, 15) is 4.79 Å². The van der Waals surface area contributed by atoms with Gasteiger partial charge in [0.25, 0.3) is 0 Å². The van der Waals surface area contributed by atoms with Crippen LogP contribution in [0.1, 0.15) is 56.3 Å². The second-order valence-corrected chi connectivity index (χ2v) is 5.12. The molecule has 0 fully saturated rings. The monoisotopic (exact) mass is 278 g/mol. The van der Waals surface area contributed by atoms with E-state index < -0.39 is 0 Å². The highest BCUT2D eigenvalue weighted by atomic mass is 16.5. The summed E-state index contributed by atoms with van der Waals surface area (Å²) in [4.78, 5) is 12.0. The van der Waals surface area contributed by atoms with Crippen LogP contribution in [0.2, 0.25) is 0 Å². The Labute approximate surface area is 122 Å². The summed E-state index contributed by atoms with van der Waals surface area (Å²) in [5.74, 6) is 0.778. The van der Waals surface area contributed by atoms with Gasteiger partial charge in [0.2, 0.25) is 0 Å². The molecule has 0 saturated heterocycles. The summed E-state index contributed by atoms with van der Waals surface area (Å²) < 4.78 is 10.7. The van der Waals surface area contributed by atoms with E-state index in [0.717, 1.165) is 12.2 Å². The molecular weight excluding hydrogens is 252 g/mol. The molecular formula is C17H26O3. The van der Waals surface area contributed by atoms with Crippen molar-refractivity contribution >= 4 is 5.78 Å². The molecule has 0 aliphatic carbocycles. The highest BCUT2D eigenvalue weighted by Crippen LogP contribution is 2.13. The predicted molar refractivity (Wildman–Crippen MR) is 81.5 cm³/mol. The zero-order valence-electron chi connectivity index (χ0n) is 12.9. The summed E-state index contributed by atoms with van der Waals surface area (Å²) in [6.07, 6.45) is 6.11. The number of methoxy groups -OCH3 is 1. The fourth-order valence-corrected chi connectivity index (χ4v) is 2.02. The lowest BCUT2D eigenvalue weighted by atomic mass is 10.1. The highest BCUT2D eigenvalue weighted by molar-refractivity contribution is 5.97. The number of benzene rings is 1. The third-order valence-electron chi connectivity index (χ3n) is 3.38. The van der Waals surface area contributed by atoms with Gasteiger partial charge in [0, 0.05) is 5.56 Å². The molecule has 0 saturated carbocycles. The van der Waals surface area contributed by atoms with Gasteiger partial charge in [-0.3, -0.25) is 4.79 Å². The standard InChI is InChI=1S/C17H26O3/c1-4-5-6-7-8-14(2)20-13-17(18)15-9-11-16(19-3)12-10-15/h9-12,14H,4-8,13H2,1-3H3. The quantitative estimate of drug-likeness (QED) is 0.474. The van der Waals surface area contributed by atoms with Crippen molar-refractivity contribution < 1.29 is 14.3 Å². The lowest BCUT2D eigenvalue weighted by Crippen LogP contribution is -2.16. The minimum Gasteiger partial charge on any atom is -0.497 e. The van der Waals surface area contributed by atoms with Crippen molar-refractivity contribution in [3.05, 3.63) is 29.8 Å².